The molecule has 0 saturated heterocycles. The van der Waals surface area contributed by atoms with E-state index in [1.807, 2.05) is 12.2 Å². The Morgan fingerprint density at radius 2 is 2.25 bits per heavy atom. The van der Waals surface area contributed by atoms with E-state index in [0.29, 0.717) is 10.6 Å². The molecule has 2 aromatic heterocycles. The highest BCUT2D eigenvalue weighted by atomic mass is 35.5. The van der Waals surface area contributed by atoms with Crippen LogP contribution in [0.2, 0.25) is 5.02 Å². The van der Waals surface area contributed by atoms with E-state index in [1.165, 1.54) is 4.90 Å². The second kappa shape index (κ2) is 4.72. The van der Waals surface area contributed by atoms with Crippen molar-refractivity contribution >= 4 is 23.6 Å². The summed E-state index contributed by atoms with van der Waals surface area (Å²) in [7, 11) is 3.22. The van der Waals surface area contributed by atoms with Crippen LogP contribution >= 0.6 is 11.6 Å². The number of nitrogens with zero attached hydrogens (tertiary/aromatic N) is 4. The summed E-state index contributed by atoms with van der Waals surface area (Å²) in [5, 5.41) is 4.32. The van der Waals surface area contributed by atoms with Crippen LogP contribution in [0.1, 0.15) is 21.9 Å². The van der Waals surface area contributed by atoms with Gasteiger partial charge in [0.25, 0.3) is 0 Å². The van der Waals surface area contributed by atoms with Crippen molar-refractivity contribution in [3.05, 3.63) is 34.4 Å². The van der Waals surface area contributed by atoms with Crippen LogP contribution in [-0.4, -0.2) is 40.0 Å². The fraction of sp³-hybridized carbons (Fsp3) is 0.231. The van der Waals surface area contributed by atoms with Gasteiger partial charge in [0.05, 0.1) is 16.3 Å². The van der Waals surface area contributed by atoms with Crippen molar-refractivity contribution in [1.29, 1.82) is 0 Å². The van der Waals surface area contributed by atoms with Gasteiger partial charge in [-0.3, -0.25) is 9.78 Å². The molecule has 1 amide bonds. The first-order valence-corrected chi connectivity index (χ1v) is 6.35. The molecule has 0 atom stereocenters. The van der Waals surface area contributed by atoms with Crippen molar-refractivity contribution in [2.45, 2.75) is 6.42 Å². The van der Waals surface area contributed by atoms with Crippen LogP contribution < -0.4 is 0 Å². The third-order valence-electron chi connectivity index (χ3n) is 2.99. The molecule has 0 N–H and O–H groups in total. The SMILES string of the molecule is CN(C)C(=O)c1nc(-c2cnc3c(c2Cl)C=CC3)no1. The number of hydrogen-bond donors (Lipinski definition) is 0. The van der Waals surface area contributed by atoms with Gasteiger partial charge < -0.3 is 9.42 Å². The summed E-state index contributed by atoms with van der Waals surface area (Å²) in [6.45, 7) is 0. The standard InChI is InChI=1S/C13H11ClN4O2/c1-18(2)13(19)12-16-11(17-20-12)8-6-15-9-5-3-4-7(9)10(8)14/h3-4,6H,5H2,1-2H3. The molecule has 0 bridgehead atoms. The quantitative estimate of drug-likeness (QED) is 0.846. The zero-order valence-corrected chi connectivity index (χ0v) is 11.7. The molecule has 6 nitrogen and oxygen atoms in total. The first-order valence-electron chi connectivity index (χ1n) is 5.97. The van der Waals surface area contributed by atoms with E-state index >= 15 is 0 Å². The molecule has 1 aliphatic rings. The van der Waals surface area contributed by atoms with Crippen molar-refractivity contribution < 1.29 is 9.32 Å². The molecule has 0 spiro atoms. The van der Waals surface area contributed by atoms with Crippen LogP contribution in [0.15, 0.2) is 16.8 Å². The van der Waals surface area contributed by atoms with Crippen molar-refractivity contribution in [3.63, 3.8) is 0 Å². The molecule has 0 radical (unpaired) electrons. The van der Waals surface area contributed by atoms with E-state index in [1.54, 1.807) is 20.3 Å². The molecule has 3 rings (SSSR count). The lowest BCUT2D eigenvalue weighted by atomic mass is 10.1. The number of carbonyl (C=O) groups is 1. The van der Waals surface area contributed by atoms with E-state index in [9.17, 15) is 4.79 Å². The number of hydrogen-bond acceptors (Lipinski definition) is 5. The Bertz CT molecular complexity index is 721. The van der Waals surface area contributed by atoms with Gasteiger partial charge in [-0.2, -0.15) is 4.98 Å². The molecule has 7 heteroatoms. The number of allylic oxidation sites excluding steroid dienone is 1. The Morgan fingerprint density at radius 3 is 3.00 bits per heavy atom. The maximum absolute atomic E-state index is 11.7. The number of pyridine rings is 1. The highest BCUT2D eigenvalue weighted by molar-refractivity contribution is 6.34. The summed E-state index contributed by atoms with van der Waals surface area (Å²) in [6, 6.07) is 0. The van der Waals surface area contributed by atoms with Crippen LogP contribution in [0, 0.1) is 0 Å². The Morgan fingerprint density at radius 1 is 1.45 bits per heavy atom. The molecule has 0 aliphatic heterocycles. The third kappa shape index (κ3) is 1.98. The Balaban J connectivity index is 2.02. The maximum Gasteiger partial charge on any atom is 0.316 e. The zero-order valence-electron chi connectivity index (χ0n) is 10.9. The first-order chi connectivity index (χ1) is 9.58. The molecular formula is C13H11ClN4O2. The number of carbonyl (C=O) groups excluding carboxylic acids is 1. The van der Waals surface area contributed by atoms with Gasteiger partial charge in [0.1, 0.15) is 0 Å². The van der Waals surface area contributed by atoms with Gasteiger partial charge in [0.2, 0.25) is 5.82 Å². The summed E-state index contributed by atoms with van der Waals surface area (Å²) in [5.74, 6) is -0.165. The summed E-state index contributed by atoms with van der Waals surface area (Å²) in [5.41, 5.74) is 2.35. The minimum atomic E-state index is -0.353. The van der Waals surface area contributed by atoms with Gasteiger partial charge in [-0.25, -0.2) is 0 Å². The summed E-state index contributed by atoms with van der Waals surface area (Å²) >= 11 is 6.33. The lowest BCUT2D eigenvalue weighted by Crippen LogP contribution is -2.21. The molecule has 102 valence electrons. The fourth-order valence-corrected chi connectivity index (χ4v) is 2.23. The second-order valence-corrected chi connectivity index (χ2v) is 4.95. The van der Waals surface area contributed by atoms with E-state index in [2.05, 4.69) is 15.1 Å². The van der Waals surface area contributed by atoms with Gasteiger partial charge in [0, 0.05) is 32.3 Å². The average molecular weight is 291 g/mol. The average Bonchev–Trinajstić information content (AvgIpc) is 3.06. The monoisotopic (exact) mass is 290 g/mol. The predicted octanol–water partition coefficient (Wildman–Crippen LogP) is 2.06. The predicted molar refractivity (Wildman–Crippen MR) is 73.3 cm³/mol. The third-order valence-corrected chi connectivity index (χ3v) is 3.39. The van der Waals surface area contributed by atoms with E-state index in [4.69, 9.17) is 16.1 Å². The molecule has 0 saturated carbocycles. The van der Waals surface area contributed by atoms with E-state index in [0.717, 1.165) is 17.7 Å². The van der Waals surface area contributed by atoms with Crippen molar-refractivity contribution in [2.75, 3.05) is 14.1 Å². The number of amides is 1. The summed E-state index contributed by atoms with van der Waals surface area (Å²) in [6.07, 6.45) is 6.28. The molecule has 20 heavy (non-hydrogen) atoms. The smallest absolute Gasteiger partial charge is 0.316 e. The van der Waals surface area contributed by atoms with Gasteiger partial charge in [-0.05, 0) is 0 Å². The largest absolute Gasteiger partial charge is 0.341 e. The number of rotatable bonds is 2. The molecule has 0 fully saturated rings. The Labute approximate surface area is 120 Å². The lowest BCUT2D eigenvalue weighted by molar-refractivity contribution is 0.0779. The van der Waals surface area contributed by atoms with Gasteiger partial charge in [-0.15, -0.1) is 0 Å². The minimum absolute atomic E-state index is 0.0721. The normalized spacial score (nSPS) is 12.6. The first kappa shape index (κ1) is 12.8. The van der Waals surface area contributed by atoms with E-state index in [-0.39, 0.29) is 17.6 Å². The summed E-state index contributed by atoms with van der Waals surface area (Å²) < 4.78 is 4.96. The fourth-order valence-electron chi connectivity index (χ4n) is 1.93. The summed E-state index contributed by atoms with van der Waals surface area (Å²) in [4.78, 5) is 21.5. The van der Waals surface area contributed by atoms with Crippen LogP contribution in [0.5, 0.6) is 0 Å². The van der Waals surface area contributed by atoms with Crippen LogP contribution in [-0.2, 0) is 6.42 Å². The molecule has 2 heterocycles. The molecule has 0 unspecified atom stereocenters. The topological polar surface area (TPSA) is 72.1 Å². The van der Waals surface area contributed by atoms with Crippen LogP contribution in [0.3, 0.4) is 0 Å². The highest BCUT2D eigenvalue weighted by Gasteiger charge is 2.21. The molecule has 2 aromatic rings. The van der Waals surface area contributed by atoms with Gasteiger partial charge >= 0.3 is 11.8 Å². The van der Waals surface area contributed by atoms with Crippen molar-refractivity contribution in [2.24, 2.45) is 0 Å². The van der Waals surface area contributed by atoms with Crippen molar-refractivity contribution in [3.8, 4) is 11.4 Å². The van der Waals surface area contributed by atoms with Crippen LogP contribution in [0.4, 0.5) is 0 Å². The Kier molecular flexibility index (Phi) is 3.02. The zero-order chi connectivity index (χ0) is 14.3. The Hall–Kier alpha value is -2.21. The van der Waals surface area contributed by atoms with Gasteiger partial charge in [0.15, 0.2) is 0 Å². The number of aromatic nitrogens is 3. The maximum atomic E-state index is 11.7. The second-order valence-electron chi connectivity index (χ2n) is 4.58. The molecule has 0 aromatic carbocycles. The van der Waals surface area contributed by atoms with E-state index < -0.39 is 0 Å². The molecular weight excluding hydrogens is 280 g/mol. The van der Waals surface area contributed by atoms with Gasteiger partial charge in [-0.1, -0.05) is 28.9 Å². The number of fused-ring (bicyclic) bond motifs is 1. The van der Waals surface area contributed by atoms with Crippen LogP contribution in [0.25, 0.3) is 17.5 Å². The van der Waals surface area contributed by atoms with Crippen molar-refractivity contribution in [1.82, 2.24) is 20.0 Å². The minimum Gasteiger partial charge on any atom is -0.341 e. The lowest BCUT2D eigenvalue weighted by Gasteiger charge is -2.05. The molecule has 1 aliphatic carbocycles. The number of halogens is 1. The highest BCUT2D eigenvalue weighted by Crippen LogP contribution is 2.33.